The van der Waals surface area contributed by atoms with Crippen LogP contribution in [0.15, 0.2) is 34.1 Å². The van der Waals surface area contributed by atoms with Crippen molar-refractivity contribution in [2.45, 2.75) is 19.5 Å². The zero-order chi connectivity index (χ0) is 16.3. The summed E-state index contributed by atoms with van der Waals surface area (Å²) in [5.74, 6) is -0.0968. The molecule has 1 aromatic heterocycles. The maximum atomic E-state index is 12.6. The topological polar surface area (TPSA) is 47.9 Å². The Bertz CT molecular complexity index is 682. The van der Waals surface area contributed by atoms with Gasteiger partial charge in [-0.2, -0.15) is 13.2 Å². The SMILES string of the molecule is CCc1cccc(NC(=N)Nc2cc(C(F)(F)F)sc2Br)c1. The second-order valence-electron chi connectivity index (χ2n) is 4.47. The van der Waals surface area contributed by atoms with Crippen molar-refractivity contribution in [1.82, 2.24) is 0 Å². The van der Waals surface area contributed by atoms with Gasteiger partial charge in [-0.25, -0.2) is 0 Å². The maximum absolute atomic E-state index is 12.6. The highest BCUT2D eigenvalue weighted by atomic mass is 79.9. The van der Waals surface area contributed by atoms with Gasteiger partial charge >= 0.3 is 6.18 Å². The van der Waals surface area contributed by atoms with Crippen molar-refractivity contribution >= 4 is 44.6 Å². The number of nitrogens with one attached hydrogen (secondary N) is 3. The molecule has 2 aromatic rings. The Hall–Kier alpha value is -1.54. The number of anilines is 2. The molecule has 0 amide bonds. The largest absolute Gasteiger partial charge is 0.425 e. The van der Waals surface area contributed by atoms with E-state index in [9.17, 15) is 13.2 Å². The summed E-state index contributed by atoms with van der Waals surface area (Å²) < 4.78 is 38.2. The van der Waals surface area contributed by atoms with Crippen molar-refractivity contribution < 1.29 is 13.2 Å². The minimum atomic E-state index is -4.39. The minimum Gasteiger partial charge on any atom is -0.326 e. The molecule has 1 heterocycles. The van der Waals surface area contributed by atoms with E-state index < -0.39 is 11.1 Å². The predicted octanol–water partition coefficient (Wildman–Crippen LogP) is 5.55. The van der Waals surface area contributed by atoms with Gasteiger partial charge in [-0.3, -0.25) is 5.41 Å². The summed E-state index contributed by atoms with van der Waals surface area (Å²) in [5, 5.41) is 13.3. The molecular formula is C14H13BrF3N3S. The first-order valence-electron chi connectivity index (χ1n) is 6.37. The number of benzene rings is 1. The second-order valence-corrected chi connectivity index (χ2v) is 6.84. The Morgan fingerprint density at radius 1 is 1.27 bits per heavy atom. The van der Waals surface area contributed by atoms with Gasteiger partial charge in [0.1, 0.15) is 4.88 Å². The number of aryl methyl sites for hydroxylation is 1. The van der Waals surface area contributed by atoms with Gasteiger partial charge < -0.3 is 10.6 Å². The molecule has 0 bridgehead atoms. The molecular weight excluding hydrogens is 379 g/mol. The van der Waals surface area contributed by atoms with E-state index in [0.717, 1.165) is 18.1 Å². The Morgan fingerprint density at radius 3 is 2.59 bits per heavy atom. The summed E-state index contributed by atoms with van der Waals surface area (Å²) in [5.41, 5.74) is 2.02. The molecule has 0 fully saturated rings. The fraction of sp³-hybridized carbons (Fsp3) is 0.214. The number of alkyl halides is 3. The predicted molar refractivity (Wildman–Crippen MR) is 87.8 cm³/mol. The molecule has 3 N–H and O–H groups in total. The zero-order valence-corrected chi connectivity index (χ0v) is 13.9. The standard InChI is InChI=1S/C14H13BrF3N3S/c1-2-8-4-3-5-9(6-8)20-13(19)21-10-7-11(14(16,17)18)22-12(10)15/h3-7H,2H2,1H3,(H3,19,20,21). The summed E-state index contributed by atoms with van der Waals surface area (Å²) in [4.78, 5) is -0.720. The maximum Gasteiger partial charge on any atom is 0.425 e. The lowest BCUT2D eigenvalue weighted by Crippen LogP contribution is -2.20. The van der Waals surface area contributed by atoms with Gasteiger partial charge in [-0.05, 0) is 46.1 Å². The first kappa shape index (κ1) is 16.8. The summed E-state index contributed by atoms with van der Waals surface area (Å²) in [7, 11) is 0. The molecule has 0 spiro atoms. The molecule has 8 heteroatoms. The highest BCUT2D eigenvalue weighted by Crippen LogP contribution is 2.41. The van der Waals surface area contributed by atoms with E-state index in [4.69, 9.17) is 5.41 Å². The van der Waals surface area contributed by atoms with E-state index in [1.807, 2.05) is 25.1 Å². The third kappa shape index (κ3) is 4.23. The number of thiophene rings is 1. The first-order valence-corrected chi connectivity index (χ1v) is 7.98. The van der Waals surface area contributed by atoms with Gasteiger partial charge in [-0.15, -0.1) is 11.3 Å². The van der Waals surface area contributed by atoms with E-state index >= 15 is 0 Å². The van der Waals surface area contributed by atoms with Crippen LogP contribution in [-0.4, -0.2) is 5.96 Å². The summed E-state index contributed by atoms with van der Waals surface area (Å²) >= 11 is 3.66. The van der Waals surface area contributed by atoms with Crippen LogP contribution in [0.25, 0.3) is 0 Å². The molecule has 0 atom stereocenters. The second kappa shape index (κ2) is 6.70. The molecule has 1 aromatic carbocycles. The third-order valence-electron chi connectivity index (χ3n) is 2.83. The lowest BCUT2D eigenvalue weighted by Gasteiger charge is -2.10. The molecule has 2 rings (SSSR count). The highest BCUT2D eigenvalue weighted by molar-refractivity contribution is 9.11. The fourth-order valence-corrected chi connectivity index (χ4v) is 3.22. The first-order chi connectivity index (χ1) is 10.3. The fourth-order valence-electron chi connectivity index (χ4n) is 1.77. The number of hydrogen-bond donors (Lipinski definition) is 3. The summed E-state index contributed by atoms with van der Waals surface area (Å²) in [6.45, 7) is 2.02. The summed E-state index contributed by atoms with van der Waals surface area (Å²) in [6, 6.07) is 8.48. The summed E-state index contributed by atoms with van der Waals surface area (Å²) in [6.07, 6.45) is -3.53. The third-order valence-corrected chi connectivity index (χ3v) is 4.71. The lowest BCUT2D eigenvalue weighted by atomic mass is 10.1. The highest BCUT2D eigenvalue weighted by Gasteiger charge is 2.33. The molecule has 118 valence electrons. The van der Waals surface area contributed by atoms with Crippen LogP contribution in [0.4, 0.5) is 24.5 Å². The van der Waals surface area contributed by atoms with Gasteiger partial charge in [0, 0.05) is 5.69 Å². The normalized spacial score (nSPS) is 11.3. The molecule has 0 aliphatic carbocycles. The van der Waals surface area contributed by atoms with Crippen LogP contribution in [-0.2, 0) is 12.6 Å². The quantitative estimate of drug-likeness (QED) is 0.474. The van der Waals surface area contributed by atoms with Gasteiger partial charge in [0.15, 0.2) is 5.96 Å². The minimum absolute atomic E-state index is 0.0968. The van der Waals surface area contributed by atoms with Gasteiger partial charge in [0.2, 0.25) is 0 Å². The Labute approximate surface area is 138 Å². The Kier molecular flexibility index (Phi) is 5.12. The monoisotopic (exact) mass is 391 g/mol. The average Bonchev–Trinajstić information content (AvgIpc) is 2.80. The van der Waals surface area contributed by atoms with Crippen LogP contribution < -0.4 is 10.6 Å². The molecule has 0 saturated heterocycles. The van der Waals surface area contributed by atoms with E-state index in [0.29, 0.717) is 20.8 Å². The molecule has 0 radical (unpaired) electrons. The zero-order valence-electron chi connectivity index (χ0n) is 11.5. The van der Waals surface area contributed by atoms with Gasteiger partial charge in [-0.1, -0.05) is 19.1 Å². The average molecular weight is 392 g/mol. The Balaban J connectivity index is 2.07. The Morgan fingerprint density at radius 2 is 2.00 bits per heavy atom. The van der Waals surface area contributed by atoms with Crippen LogP contribution in [0.3, 0.4) is 0 Å². The molecule has 0 aliphatic rings. The molecule has 0 unspecified atom stereocenters. The van der Waals surface area contributed by atoms with E-state index in [1.165, 1.54) is 0 Å². The number of guanidine groups is 1. The van der Waals surface area contributed by atoms with Crippen molar-refractivity contribution in [1.29, 1.82) is 5.41 Å². The molecule has 0 aliphatic heterocycles. The van der Waals surface area contributed by atoms with Crippen LogP contribution in [0.5, 0.6) is 0 Å². The van der Waals surface area contributed by atoms with Crippen LogP contribution in [0, 0.1) is 5.41 Å². The van der Waals surface area contributed by atoms with Crippen molar-refractivity contribution in [3.8, 4) is 0 Å². The number of halogens is 4. The number of rotatable bonds is 3. The van der Waals surface area contributed by atoms with Crippen molar-refractivity contribution in [3.05, 3.63) is 44.6 Å². The van der Waals surface area contributed by atoms with E-state index in [2.05, 4.69) is 26.6 Å². The van der Waals surface area contributed by atoms with Crippen LogP contribution in [0.2, 0.25) is 0 Å². The lowest BCUT2D eigenvalue weighted by molar-refractivity contribution is -0.134. The van der Waals surface area contributed by atoms with Crippen molar-refractivity contribution in [3.63, 3.8) is 0 Å². The van der Waals surface area contributed by atoms with E-state index in [-0.39, 0.29) is 11.6 Å². The van der Waals surface area contributed by atoms with Gasteiger partial charge in [0.25, 0.3) is 0 Å². The van der Waals surface area contributed by atoms with Crippen molar-refractivity contribution in [2.75, 3.05) is 10.6 Å². The van der Waals surface area contributed by atoms with Crippen LogP contribution in [0.1, 0.15) is 17.4 Å². The molecule has 3 nitrogen and oxygen atoms in total. The van der Waals surface area contributed by atoms with Crippen molar-refractivity contribution in [2.24, 2.45) is 0 Å². The number of hydrogen-bond acceptors (Lipinski definition) is 2. The smallest absolute Gasteiger partial charge is 0.326 e. The molecule has 22 heavy (non-hydrogen) atoms. The molecule has 0 saturated carbocycles. The van der Waals surface area contributed by atoms with E-state index in [1.54, 1.807) is 6.07 Å². The van der Waals surface area contributed by atoms with Crippen LogP contribution >= 0.6 is 27.3 Å². The van der Waals surface area contributed by atoms with Gasteiger partial charge in [0.05, 0.1) is 9.47 Å².